The van der Waals surface area contributed by atoms with Crippen molar-refractivity contribution in [2.24, 2.45) is 0 Å². The van der Waals surface area contributed by atoms with Crippen molar-refractivity contribution in [3.8, 4) is 0 Å². The maximum absolute atomic E-state index is 13.1. The Hall–Kier alpha value is -1.06. The van der Waals surface area contributed by atoms with Gasteiger partial charge in [-0.1, -0.05) is 20.8 Å². The first kappa shape index (κ1) is 10.0. The Morgan fingerprint density at radius 1 is 1.15 bits per heavy atom. The highest BCUT2D eigenvalue weighted by molar-refractivity contribution is 5.23. The second kappa shape index (κ2) is 3.01. The number of halogens is 3. The van der Waals surface area contributed by atoms with Crippen molar-refractivity contribution in [3.05, 3.63) is 29.3 Å². The number of hydrogen-bond donors (Lipinski definition) is 0. The average Bonchev–Trinajstić information content (AvgIpc) is 1.95. The summed E-state index contributed by atoms with van der Waals surface area (Å²) in [6.45, 7) is 4.82. The smallest absolute Gasteiger partial charge is 0.223 e. The molecule has 0 unspecified atom stereocenters. The van der Waals surface area contributed by atoms with Crippen molar-refractivity contribution in [1.82, 2.24) is 4.98 Å². The fraction of sp³-hybridized carbons (Fsp3) is 0.444. The molecule has 1 heterocycles. The molecular weight excluding hydrogens is 179 g/mol. The molecule has 1 aromatic rings. The van der Waals surface area contributed by atoms with Crippen LogP contribution < -0.4 is 0 Å². The molecule has 0 N–H and O–H groups in total. The van der Waals surface area contributed by atoms with Crippen molar-refractivity contribution >= 4 is 0 Å². The molecule has 1 rings (SSSR count). The number of nitrogens with zero attached hydrogens (tertiary/aromatic N) is 1. The maximum atomic E-state index is 13.1. The lowest BCUT2D eigenvalue weighted by atomic mass is 9.87. The molecule has 1 aromatic heterocycles. The summed E-state index contributed by atoms with van der Waals surface area (Å²) in [4.78, 5) is 2.94. The van der Waals surface area contributed by atoms with E-state index in [-0.39, 0.29) is 5.56 Å². The molecule has 0 bridgehead atoms. The highest BCUT2D eigenvalue weighted by atomic mass is 19.2. The van der Waals surface area contributed by atoms with Crippen LogP contribution in [0.4, 0.5) is 13.2 Å². The monoisotopic (exact) mass is 189 g/mol. The Morgan fingerprint density at radius 3 is 2.08 bits per heavy atom. The fourth-order valence-corrected chi connectivity index (χ4v) is 1.13. The third-order valence-electron chi connectivity index (χ3n) is 1.68. The summed E-state index contributed by atoms with van der Waals surface area (Å²) in [5, 5.41) is 0. The molecule has 4 heteroatoms. The SMILES string of the molecule is CC(C)(C)c1c(F)cnc(F)c1F. The average molecular weight is 189 g/mol. The Bertz CT molecular complexity index is 328. The molecule has 0 radical (unpaired) electrons. The van der Waals surface area contributed by atoms with E-state index in [4.69, 9.17) is 0 Å². The zero-order chi connectivity index (χ0) is 10.2. The van der Waals surface area contributed by atoms with E-state index in [2.05, 4.69) is 4.98 Å². The second-order valence-corrected chi connectivity index (χ2v) is 3.84. The first-order chi connectivity index (χ1) is 5.84. The van der Waals surface area contributed by atoms with Crippen LogP contribution in [-0.4, -0.2) is 4.98 Å². The Labute approximate surface area is 74.6 Å². The summed E-state index contributed by atoms with van der Waals surface area (Å²) in [5.74, 6) is -3.27. The molecule has 0 fully saturated rings. The molecular formula is C9H10F3N. The van der Waals surface area contributed by atoms with Crippen LogP contribution in [0.15, 0.2) is 6.20 Å². The van der Waals surface area contributed by atoms with E-state index in [1.807, 2.05) is 0 Å². The van der Waals surface area contributed by atoms with Gasteiger partial charge in [0.1, 0.15) is 5.82 Å². The molecule has 1 nitrogen and oxygen atoms in total. The van der Waals surface area contributed by atoms with E-state index in [9.17, 15) is 13.2 Å². The van der Waals surface area contributed by atoms with Crippen LogP contribution in [0.5, 0.6) is 0 Å². The molecule has 0 aliphatic carbocycles. The lowest BCUT2D eigenvalue weighted by Gasteiger charge is -2.19. The summed E-state index contributed by atoms with van der Waals surface area (Å²) < 4.78 is 38.8. The maximum Gasteiger partial charge on any atom is 0.249 e. The Balaban J connectivity index is 3.43. The lowest BCUT2D eigenvalue weighted by Crippen LogP contribution is -2.18. The molecule has 0 aliphatic heterocycles. The van der Waals surface area contributed by atoms with Crippen LogP contribution >= 0.6 is 0 Å². The van der Waals surface area contributed by atoms with Crippen LogP contribution in [0.25, 0.3) is 0 Å². The van der Waals surface area contributed by atoms with Gasteiger partial charge >= 0.3 is 0 Å². The lowest BCUT2D eigenvalue weighted by molar-refractivity contribution is 0.416. The van der Waals surface area contributed by atoms with Gasteiger partial charge in [-0.05, 0) is 5.41 Å². The quantitative estimate of drug-likeness (QED) is 0.572. The Morgan fingerprint density at radius 2 is 1.69 bits per heavy atom. The molecule has 0 amide bonds. The first-order valence-electron chi connectivity index (χ1n) is 3.84. The van der Waals surface area contributed by atoms with E-state index < -0.39 is 23.0 Å². The van der Waals surface area contributed by atoms with E-state index >= 15 is 0 Å². The van der Waals surface area contributed by atoms with Gasteiger partial charge in [-0.25, -0.2) is 13.8 Å². The van der Waals surface area contributed by atoms with E-state index in [0.717, 1.165) is 0 Å². The minimum Gasteiger partial charge on any atom is -0.223 e. The van der Waals surface area contributed by atoms with Gasteiger partial charge in [-0.2, -0.15) is 4.39 Å². The summed E-state index contributed by atoms with van der Waals surface area (Å²) >= 11 is 0. The normalized spacial score (nSPS) is 11.8. The van der Waals surface area contributed by atoms with Crippen LogP contribution in [0.1, 0.15) is 26.3 Å². The third-order valence-corrected chi connectivity index (χ3v) is 1.68. The second-order valence-electron chi connectivity index (χ2n) is 3.84. The molecule has 0 aromatic carbocycles. The van der Waals surface area contributed by atoms with Gasteiger partial charge in [0.25, 0.3) is 0 Å². The largest absolute Gasteiger partial charge is 0.249 e. The van der Waals surface area contributed by atoms with Crippen LogP contribution in [0.3, 0.4) is 0 Å². The molecule has 0 saturated carbocycles. The summed E-state index contributed by atoms with van der Waals surface area (Å²) in [7, 11) is 0. The molecule has 13 heavy (non-hydrogen) atoms. The van der Waals surface area contributed by atoms with E-state index in [0.29, 0.717) is 6.20 Å². The van der Waals surface area contributed by atoms with Gasteiger partial charge in [0.15, 0.2) is 5.82 Å². The summed E-state index contributed by atoms with van der Waals surface area (Å²) in [5.41, 5.74) is -1.03. The van der Waals surface area contributed by atoms with E-state index in [1.165, 1.54) is 0 Å². The molecule has 72 valence electrons. The van der Waals surface area contributed by atoms with Crippen molar-refractivity contribution in [2.75, 3.05) is 0 Å². The third kappa shape index (κ3) is 1.82. The minimum atomic E-state index is -1.26. The zero-order valence-electron chi connectivity index (χ0n) is 7.66. The standard InChI is InChI=1S/C9H10F3N/c1-9(2,3)6-5(10)4-13-8(12)7(6)11/h4H,1-3H3. The highest BCUT2D eigenvalue weighted by Crippen LogP contribution is 2.27. The predicted octanol–water partition coefficient (Wildman–Crippen LogP) is 2.80. The zero-order valence-corrected chi connectivity index (χ0v) is 7.66. The van der Waals surface area contributed by atoms with Crippen molar-refractivity contribution in [2.45, 2.75) is 26.2 Å². The van der Waals surface area contributed by atoms with Crippen molar-refractivity contribution in [3.63, 3.8) is 0 Å². The molecule has 0 atom stereocenters. The first-order valence-corrected chi connectivity index (χ1v) is 3.84. The number of aromatic nitrogens is 1. The van der Waals surface area contributed by atoms with Crippen LogP contribution in [-0.2, 0) is 5.41 Å². The highest BCUT2D eigenvalue weighted by Gasteiger charge is 2.25. The predicted molar refractivity (Wildman–Crippen MR) is 42.8 cm³/mol. The van der Waals surface area contributed by atoms with Crippen molar-refractivity contribution in [1.29, 1.82) is 0 Å². The van der Waals surface area contributed by atoms with Gasteiger partial charge in [0.05, 0.1) is 6.20 Å². The van der Waals surface area contributed by atoms with Crippen LogP contribution in [0.2, 0.25) is 0 Å². The van der Waals surface area contributed by atoms with Crippen LogP contribution in [0, 0.1) is 17.6 Å². The summed E-state index contributed by atoms with van der Waals surface area (Å²) in [6.07, 6.45) is 0.693. The van der Waals surface area contributed by atoms with Gasteiger partial charge < -0.3 is 0 Å². The fourth-order valence-electron chi connectivity index (χ4n) is 1.13. The van der Waals surface area contributed by atoms with Gasteiger partial charge in [0, 0.05) is 5.56 Å². The topological polar surface area (TPSA) is 12.9 Å². The molecule has 0 spiro atoms. The molecule has 0 saturated heterocycles. The van der Waals surface area contributed by atoms with E-state index in [1.54, 1.807) is 20.8 Å². The van der Waals surface area contributed by atoms with Gasteiger partial charge in [-0.15, -0.1) is 0 Å². The Kier molecular flexibility index (Phi) is 2.32. The number of pyridine rings is 1. The summed E-state index contributed by atoms with van der Waals surface area (Å²) in [6, 6.07) is 0. The minimum absolute atomic E-state index is 0.264. The number of rotatable bonds is 0. The van der Waals surface area contributed by atoms with Crippen molar-refractivity contribution < 1.29 is 13.2 Å². The molecule has 0 aliphatic rings. The number of hydrogen-bond acceptors (Lipinski definition) is 1. The van der Waals surface area contributed by atoms with Gasteiger partial charge in [-0.3, -0.25) is 0 Å². The van der Waals surface area contributed by atoms with Gasteiger partial charge in [0.2, 0.25) is 5.95 Å².